The van der Waals surface area contributed by atoms with Gasteiger partial charge in [0.2, 0.25) is 0 Å². The first-order chi connectivity index (χ1) is 6.74. The van der Waals surface area contributed by atoms with Gasteiger partial charge in [0.05, 0.1) is 12.5 Å². The predicted octanol–water partition coefficient (Wildman–Crippen LogP) is 1.47. The van der Waals surface area contributed by atoms with Crippen molar-refractivity contribution in [1.82, 2.24) is 5.32 Å². The van der Waals surface area contributed by atoms with Crippen LogP contribution in [0.15, 0.2) is 24.3 Å². The molecule has 0 saturated heterocycles. The Balaban J connectivity index is 2.53. The van der Waals surface area contributed by atoms with Crippen LogP contribution in [0.25, 0.3) is 0 Å². The topological polar surface area (TPSA) is 52.9 Å². The van der Waals surface area contributed by atoms with Crippen LogP contribution in [0, 0.1) is 17.1 Å². The molecule has 1 rings (SSSR count). The van der Waals surface area contributed by atoms with Crippen molar-refractivity contribution in [3.63, 3.8) is 0 Å². The fourth-order valence-corrected chi connectivity index (χ4v) is 0.935. The van der Waals surface area contributed by atoms with Gasteiger partial charge in [0.25, 0.3) is 5.91 Å². The number of hydrogen-bond acceptors (Lipinski definition) is 2. The van der Waals surface area contributed by atoms with Gasteiger partial charge in [0.1, 0.15) is 5.82 Å². The molecule has 3 nitrogen and oxygen atoms in total. The van der Waals surface area contributed by atoms with E-state index in [1.807, 2.05) is 6.07 Å². The maximum Gasteiger partial charge on any atom is 0.251 e. The van der Waals surface area contributed by atoms with Crippen LogP contribution in [-0.2, 0) is 0 Å². The van der Waals surface area contributed by atoms with Crippen LogP contribution in [0.2, 0.25) is 0 Å². The molecule has 0 fully saturated rings. The van der Waals surface area contributed by atoms with E-state index >= 15 is 0 Å². The Hall–Kier alpha value is -1.89. The van der Waals surface area contributed by atoms with Crippen molar-refractivity contribution in [1.29, 1.82) is 5.26 Å². The number of nitriles is 1. The summed E-state index contributed by atoms with van der Waals surface area (Å²) >= 11 is 0. The molecule has 0 aliphatic carbocycles. The third-order valence-electron chi connectivity index (χ3n) is 1.63. The van der Waals surface area contributed by atoms with Gasteiger partial charge in [-0.05, 0) is 24.3 Å². The third kappa shape index (κ3) is 2.87. The quantitative estimate of drug-likeness (QED) is 0.737. The molecule has 14 heavy (non-hydrogen) atoms. The lowest BCUT2D eigenvalue weighted by atomic mass is 10.2. The molecule has 1 amide bonds. The normalized spacial score (nSPS) is 9.14. The summed E-state index contributed by atoms with van der Waals surface area (Å²) in [5.41, 5.74) is 0.393. The zero-order valence-corrected chi connectivity index (χ0v) is 7.46. The number of carbonyl (C=O) groups is 1. The van der Waals surface area contributed by atoms with Crippen molar-refractivity contribution < 1.29 is 9.18 Å². The highest BCUT2D eigenvalue weighted by molar-refractivity contribution is 5.94. The van der Waals surface area contributed by atoms with Gasteiger partial charge in [0, 0.05) is 12.1 Å². The number of rotatable bonds is 3. The van der Waals surface area contributed by atoms with Crippen molar-refractivity contribution in [2.45, 2.75) is 6.42 Å². The van der Waals surface area contributed by atoms with Gasteiger partial charge in [-0.3, -0.25) is 4.79 Å². The zero-order valence-electron chi connectivity index (χ0n) is 7.46. The molecule has 0 aromatic heterocycles. The number of nitrogens with zero attached hydrogens (tertiary/aromatic N) is 1. The van der Waals surface area contributed by atoms with Crippen LogP contribution in [-0.4, -0.2) is 12.5 Å². The van der Waals surface area contributed by atoms with E-state index in [2.05, 4.69) is 5.32 Å². The second kappa shape index (κ2) is 4.97. The molecule has 1 aromatic carbocycles. The first-order valence-electron chi connectivity index (χ1n) is 4.15. The van der Waals surface area contributed by atoms with E-state index in [4.69, 9.17) is 5.26 Å². The minimum Gasteiger partial charge on any atom is -0.351 e. The fourth-order valence-electron chi connectivity index (χ4n) is 0.935. The summed E-state index contributed by atoms with van der Waals surface area (Å²) in [5.74, 6) is -0.668. The van der Waals surface area contributed by atoms with Crippen molar-refractivity contribution in [2.75, 3.05) is 6.54 Å². The first kappa shape index (κ1) is 10.2. The second-order valence-electron chi connectivity index (χ2n) is 2.67. The highest BCUT2D eigenvalue weighted by atomic mass is 19.1. The van der Waals surface area contributed by atoms with Crippen LogP contribution >= 0.6 is 0 Å². The van der Waals surface area contributed by atoms with E-state index in [-0.39, 0.29) is 18.1 Å². The van der Waals surface area contributed by atoms with Gasteiger partial charge in [-0.25, -0.2) is 4.39 Å². The monoisotopic (exact) mass is 192 g/mol. The average molecular weight is 192 g/mol. The molecule has 0 aliphatic heterocycles. The van der Waals surface area contributed by atoms with Crippen LogP contribution in [0.1, 0.15) is 16.8 Å². The summed E-state index contributed by atoms with van der Waals surface area (Å²) in [6.45, 7) is 0.312. The predicted molar refractivity (Wildman–Crippen MR) is 49.0 cm³/mol. The lowest BCUT2D eigenvalue weighted by molar-refractivity contribution is 0.0954. The Kier molecular flexibility index (Phi) is 3.62. The molecular weight excluding hydrogens is 183 g/mol. The molecule has 1 aromatic rings. The molecule has 0 aliphatic rings. The average Bonchev–Trinajstić information content (AvgIpc) is 2.19. The molecule has 0 atom stereocenters. The van der Waals surface area contributed by atoms with Crippen molar-refractivity contribution >= 4 is 5.91 Å². The third-order valence-corrected chi connectivity index (χ3v) is 1.63. The van der Waals surface area contributed by atoms with E-state index < -0.39 is 0 Å². The molecule has 0 bridgehead atoms. The minimum absolute atomic E-state index is 0.271. The molecule has 0 saturated carbocycles. The van der Waals surface area contributed by atoms with E-state index in [9.17, 15) is 9.18 Å². The highest BCUT2D eigenvalue weighted by Crippen LogP contribution is 2.02. The Morgan fingerprint density at radius 2 is 2.07 bits per heavy atom. The SMILES string of the molecule is N#CCCNC(=O)c1ccc(F)cc1. The zero-order chi connectivity index (χ0) is 10.4. The highest BCUT2D eigenvalue weighted by Gasteiger charge is 2.03. The van der Waals surface area contributed by atoms with Crippen LogP contribution < -0.4 is 5.32 Å². The van der Waals surface area contributed by atoms with Crippen LogP contribution in [0.5, 0.6) is 0 Å². The molecule has 0 heterocycles. The maximum atomic E-state index is 12.5. The lowest BCUT2D eigenvalue weighted by Crippen LogP contribution is -2.24. The Morgan fingerprint density at radius 3 is 2.64 bits per heavy atom. The van der Waals surface area contributed by atoms with Crippen LogP contribution in [0.3, 0.4) is 0 Å². The largest absolute Gasteiger partial charge is 0.351 e. The molecule has 72 valence electrons. The van der Waals surface area contributed by atoms with Crippen molar-refractivity contribution in [2.24, 2.45) is 0 Å². The maximum absolute atomic E-state index is 12.5. The molecule has 1 N–H and O–H groups in total. The van der Waals surface area contributed by atoms with E-state index in [0.29, 0.717) is 12.1 Å². The molecule has 0 radical (unpaired) electrons. The summed E-state index contributed by atoms with van der Waals surface area (Å²) in [5, 5.41) is 10.8. The van der Waals surface area contributed by atoms with E-state index in [0.717, 1.165) is 0 Å². The van der Waals surface area contributed by atoms with Gasteiger partial charge < -0.3 is 5.32 Å². The molecule has 0 unspecified atom stereocenters. The smallest absolute Gasteiger partial charge is 0.251 e. The van der Waals surface area contributed by atoms with Gasteiger partial charge in [0.15, 0.2) is 0 Å². The Labute approximate surface area is 81.2 Å². The first-order valence-corrected chi connectivity index (χ1v) is 4.15. The Morgan fingerprint density at radius 1 is 1.43 bits per heavy atom. The van der Waals surface area contributed by atoms with Crippen molar-refractivity contribution in [3.05, 3.63) is 35.6 Å². The van der Waals surface area contributed by atoms with Gasteiger partial charge >= 0.3 is 0 Å². The Bertz CT molecular complexity index is 353. The lowest BCUT2D eigenvalue weighted by Gasteiger charge is -2.01. The van der Waals surface area contributed by atoms with Gasteiger partial charge in [-0.1, -0.05) is 0 Å². The molecular formula is C10H9FN2O. The molecule has 4 heteroatoms. The standard InChI is InChI=1S/C10H9FN2O/c11-9-4-2-8(3-5-9)10(14)13-7-1-6-12/h2-5H,1,7H2,(H,13,14). The fraction of sp³-hybridized carbons (Fsp3) is 0.200. The van der Waals surface area contributed by atoms with E-state index in [1.165, 1.54) is 24.3 Å². The summed E-state index contributed by atoms with van der Waals surface area (Å²) in [4.78, 5) is 11.3. The number of carbonyl (C=O) groups excluding carboxylic acids is 1. The number of amides is 1. The minimum atomic E-state index is -0.376. The molecule has 0 spiro atoms. The van der Waals surface area contributed by atoms with Crippen molar-refractivity contribution in [3.8, 4) is 6.07 Å². The van der Waals surface area contributed by atoms with Crippen LogP contribution in [0.4, 0.5) is 4.39 Å². The van der Waals surface area contributed by atoms with Gasteiger partial charge in [-0.15, -0.1) is 0 Å². The van der Waals surface area contributed by atoms with Gasteiger partial charge in [-0.2, -0.15) is 5.26 Å². The summed E-state index contributed by atoms with van der Waals surface area (Å²) in [6.07, 6.45) is 0.271. The number of halogens is 1. The number of hydrogen-bond donors (Lipinski definition) is 1. The number of nitrogens with one attached hydrogen (secondary N) is 1. The summed E-state index contributed by atoms with van der Waals surface area (Å²) in [7, 11) is 0. The van der Waals surface area contributed by atoms with E-state index in [1.54, 1.807) is 0 Å². The summed E-state index contributed by atoms with van der Waals surface area (Å²) < 4.78 is 12.5. The number of benzene rings is 1. The summed E-state index contributed by atoms with van der Waals surface area (Å²) in [6, 6.07) is 7.15. The second-order valence-corrected chi connectivity index (χ2v) is 2.67.